The molecule has 2 heterocycles. The van der Waals surface area contributed by atoms with Crippen LogP contribution in [-0.4, -0.2) is 40.8 Å². The Hall–Kier alpha value is -2.46. The van der Waals surface area contributed by atoms with Gasteiger partial charge in [-0.05, 0) is 25.0 Å². The van der Waals surface area contributed by atoms with Gasteiger partial charge in [0.15, 0.2) is 0 Å². The van der Waals surface area contributed by atoms with Gasteiger partial charge in [0.2, 0.25) is 5.91 Å². The molecule has 1 fully saturated rings. The number of aromatic nitrogens is 1. The van der Waals surface area contributed by atoms with Gasteiger partial charge in [0.05, 0.1) is 18.3 Å². The van der Waals surface area contributed by atoms with Crippen LogP contribution in [-0.2, 0) is 11.3 Å². The van der Waals surface area contributed by atoms with E-state index < -0.39 is 0 Å². The molecule has 3 N–H and O–H groups in total. The third-order valence-electron chi connectivity index (χ3n) is 3.41. The van der Waals surface area contributed by atoms with Crippen LogP contribution in [0.2, 0.25) is 0 Å². The lowest BCUT2D eigenvalue weighted by molar-refractivity contribution is -0.130. The number of carbonyl (C=O) groups excluding carboxylic acids is 2. The van der Waals surface area contributed by atoms with Crippen LogP contribution in [0.25, 0.3) is 0 Å². The fourth-order valence-corrected chi connectivity index (χ4v) is 2.29. The maximum Gasteiger partial charge on any atom is 0.251 e. The van der Waals surface area contributed by atoms with Crippen LogP contribution >= 0.6 is 0 Å². The van der Waals surface area contributed by atoms with E-state index in [2.05, 4.69) is 16.4 Å². The highest BCUT2D eigenvalue weighted by Gasteiger charge is 2.28. The average Bonchev–Trinajstić information content (AvgIpc) is 3.01. The highest BCUT2D eigenvalue weighted by Crippen LogP contribution is 2.16. The number of nitrogens with zero attached hydrogens (tertiary/aromatic N) is 3. The Morgan fingerprint density at radius 3 is 3.10 bits per heavy atom. The molecule has 0 aliphatic carbocycles. The van der Waals surface area contributed by atoms with Gasteiger partial charge >= 0.3 is 0 Å². The highest BCUT2D eigenvalue weighted by molar-refractivity contribution is 5.96. The van der Waals surface area contributed by atoms with Crippen LogP contribution in [0.3, 0.4) is 0 Å². The first-order valence-electron chi connectivity index (χ1n) is 6.78. The van der Waals surface area contributed by atoms with Gasteiger partial charge in [0, 0.05) is 24.8 Å². The van der Waals surface area contributed by atoms with E-state index in [9.17, 15) is 9.59 Å². The summed E-state index contributed by atoms with van der Waals surface area (Å²) in [4.78, 5) is 29.5. The number of hydrogen-bond donors (Lipinski definition) is 2. The number of rotatable bonds is 4. The monoisotopic (exact) mass is 287 g/mol. The maximum atomic E-state index is 12.0. The summed E-state index contributed by atoms with van der Waals surface area (Å²) >= 11 is 0. The van der Waals surface area contributed by atoms with E-state index in [1.165, 1.54) is 11.1 Å². The van der Waals surface area contributed by atoms with Gasteiger partial charge in [-0.1, -0.05) is 0 Å². The zero-order chi connectivity index (χ0) is 15.2. The van der Waals surface area contributed by atoms with Crippen molar-refractivity contribution >= 4 is 11.8 Å². The van der Waals surface area contributed by atoms with Gasteiger partial charge in [-0.25, -0.2) is 0 Å². The molecule has 1 aromatic heterocycles. The molecule has 7 heteroatoms. The average molecular weight is 287 g/mol. The summed E-state index contributed by atoms with van der Waals surface area (Å²) < 4.78 is 0. The van der Waals surface area contributed by atoms with E-state index in [0.29, 0.717) is 24.2 Å². The summed E-state index contributed by atoms with van der Waals surface area (Å²) in [5.41, 5.74) is 6.49. The molecule has 1 aromatic rings. The molecule has 21 heavy (non-hydrogen) atoms. The van der Waals surface area contributed by atoms with Gasteiger partial charge in [-0.2, -0.15) is 5.26 Å². The van der Waals surface area contributed by atoms with Crippen molar-refractivity contribution in [3.63, 3.8) is 0 Å². The Labute approximate surface area is 122 Å². The molecular weight excluding hydrogens is 270 g/mol. The van der Waals surface area contributed by atoms with Gasteiger partial charge in [0.25, 0.3) is 5.91 Å². The first-order chi connectivity index (χ1) is 10.2. The number of amides is 2. The van der Waals surface area contributed by atoms with Crippen molar-refractivity contribution in [2.75, 3.05) is 13.1 Å². The van der Waals surface area contributed by atoms with E-state index >= 15 is 0 Å². The molecule has 1 aliphatic heterocycles. The number of nitriles is 1. The lowest BCUT2D eigenvalue weighted by atomic mass is 10.2. The Morgan fingerprint density at radius 2 is 2.38 bits per heavy atom. The number of hydrogen-bond acceptors (Lipinski definition) is 5. The zero-order valence-corrected chi connectivity index (χ0v) is 11.6. The van der Waals surface area contributed by atoms with E-state index in [0.717, 1.165) is 6.42 Å². The standard InChI is InChI=1S/C14H17N5O2/c15-7-11-6-10(3-4-17-11)14(21)18-9-13(20)19-5-1-2-12(19)8-16/h3-4,6,12H,1-2,5,7,9,15H2,(H,18,21)/t12-/m0/s1. The van der Waals surface area contributed by atoms with Crippen LogP contribution in [0.1, 0.15) is 28.9 Å². The predicted octanol–water partition coefficient (Wildman–Crippen LogP) is -0.215. The summed E-state index contributed by atoms with van der Waals surface area (Å²) in [6.07, 6.45) is 3.02. The van der Waals surface area contributed by atoms with E-state index in [4.69, 9.17) is 11.0 Å². The minimum Gasteiger partial charge on any atom is -0.343 e. The van der Waals surface area contributed by atoms with E-state index in [-0.39, 0.29) is 30.9 Å². The lowest BCUT2D eigenvalue weighted by Crippen LogP contribution is -2.42. The molecule has 0 radical (unpaired) electrons. The van der Waals surface area contributed by atoms with Crippen LogP contribution < -0.4 is 11.1 Å². The van der Waals surface area contributed by atoms with Gasteiger partial charge < -0.3 is 16.0 Å². The number of nitrogens with one attached hydrogen (secondary N) is 1. The second-order valence-electron chi connectivity index (χ2n) is 4.80. The molecule has 0 unspecified atom stereocenters. The van der Waals surface area contributed by atoms with Crippen LogP contribution in [0.5, 0.6) is 0 Å². The molecule has 1 atom stereocenters. The minimum absolute atomic E-state index is 0.114. The van der Waals surface area contributed by atoms with Gasteiger partial charge in [-0.15, -0.1) is 0 Å². The van der Waals surface area contributed by atoms with Crippen molar-refractivity contribution in [3.8, 4) is 6.07 Å². The first-order valence-corrected chi connectivity index (χ1v) is 6.78. The third-order valence-corrected chi connectivity index (χ3v) is 3.41. The summed E-state index contributed by atoms with van der Waals surface area (Å²) in [5.74, 6) is -0.589. The van der Waals surface area contributed by atoms with Crippen molar-refractivity contribution in [1.29, 1.82) is 5.26 Å². The van der Waals surface area contributed by atoms with Crippen LogP contribution in [0, 0.1) is 11.3 Å². The molecule has 2 amide bonds. The van der Waals surface area contributed by atoms with Gasteiger partial charge in [-0.3, -0.25) is 14.6 Å². The van der Waals surface area contributed by atoms with Gasteiger partial charge in [0.1, 0.15) is 6.04 Å². The van der Waals surface area contributed by atoms with Crippen molar-refractivity contribution in [2.45, 2.75) is 25.4 Å². The maximum absolute atomic E-state index is 12.0. The Bertz CT molecular complexity index is 581. The first kappa shape index (κ1) is 14.9. The van der Waals surface area contributed by atoms with Crippen molar-refractivity contribution in [2.24, 2.45) is 5.73 Å². The molecule has 0 spiro atoms. The molecule has 0 saturated carbocycles. The second-order valence-corrected chi connectivity index (χ2v) is 4.80. The predicted molar refractivity (Wildman–Crippen MR) is 74.8 cm³/mol. The Morgan fingerprint density at radius 1 is 1.57 bits per heavy atom. The third kappa shape index (κ3) is 3.55. The zero-order valence-electron chi connectivity index (χ0n) is 11.6. The number of carbonyl (C=O) groups is 2. The Kier molecular flexibility index (Phi) is 4.85. The number of nitrogens with two attached hydrogens (primary N) is 1. The molecular formula is C14H17N5O2. The second kappa shape index (κ2) is 6.81. The van der Waals surface area contributed by atoms with E-state index in [1.54, 1.807) is 12.1 Å². The largest absolute Gasteiger partial charge is 0.343 e. The smallest absolute Gasteiger partial charge is 0.251 e. The molecule has 2 rings (SSSR count). The fourth-order valence-electron chi connectivity index (χ4n) is 2.29. The summed E-state index contributed by atoms with van der Waals surface area (Å²) in [6, 6.07) is 4.88. The van der Waals surface area contributed by atoms with Crippen LogP contribution in [0.4, 0.5) is 0 Å². The van der Waals surface area contributed by atoms with Crippen molar-refractivity contribution < 1.29 is 9.59 Å². The normalized spacial score (nSPS) is 17.3. The van der Waals surface area contributed by atoms with Crippen LogP contribution in [0.15, 0.2) is 18.3 Å². The molecule has 110 valence electrons. The fraction of sp³-hybridized carbons (Fsp3) is 0.429. The molecule has 0 aromatic carbocycles. The number of pyridine rings is 1. The molecule has 0 bridgehead atoms. The Balaban J connectivity index is 1.91. The topological polar surface area (TPSA) is 112 Å². The quantitative estimate of drug-likeness (QED) is 0.795. The molecule has 1 saturated heterocycles. The summed E-state index contributed by atoms with van der Waals surface area (Å²) in [5, 5.41) is 11.5. The number of likely N-dealkylation sites (tertiary alicyclic amines) is 1. The summed E-state index contributed by atoms with van der Waals surface area (Å²) in [7, 11) is 0. The minimum atomic E-state index is -0.376. The SMILES string of the molecule is N#C[C@@H]1CCCN1C(=O)CNC(=O)c1ccnc(CN)c1. The summed E-state index contributed by atoms with van der Waals surface area (Å²) in [6.45, 7) is 0.703. The van der Waals surface area contributed by atoms with E-state index in [1.807, 2.05) is 0 Å². The highest BCUT2D eigenvalue weighted by atomic mass is 16.2. The lowest BCUT2D eigenvalue weighted by Gasteiger charge is -2.19. The molecule has 1 aliphatic rings. The van der Waals surface area contributed by atoms with Crippen molar-refractivity contribution in [3.05, 3.63) is 29.6 Å². The van der Waals surface area contributed by atoms with Crippen molar-refractivity contribution in [1.82, 2.24) is 15.2 Å². The molecule has 7 nitrogen and oxygen atoms in total.